The van der Waals surface area contributed by atoms with Crippen LogP contribution in [0.5, 0.6) is 0 Å². The fraction of sp³-hybridized carbons (Fsp3) is 0.890. The molecule has 1 aliphatic heterocycles. The molecule has 9 heteroatoms. The van der Waals surface area contributed by atoms with Crippen LogP contribution in [0.25, 0.3) is 0 Å². The second-order valence-electron chi connectivity index (χ2n) is 28.2. The number of nitrogens with one attached hydrogen (secondary N) is 1. The van der Waals surface area contributed by atoms with E-state index in [2.05, 4.69) is 55.6 Å². The maximum atomic E-state index is 13.2. The molecule has 1 saturated heterocycles. The molecule has 91 heavy (non-hydrogen) atoms. The monoisotopic (exact) mass is 1280 g/mol. The molecule has 0 aliphatic carbocycles. The Morgan fingerprint density at radius 1 is 0.374 bits per heavy atom. The van der Waals surface area contributed by atoms with E-state index in [-0.39, 0.29) is 12.5 Å². The van der Waals surface area contributed by atoms with Crippen LogP contribution in [0.15, 0.2) is 48.6 Å². The van der Waals surface area contributed by atoms with Crippen molar-refractivity contribution in [2.24, 2.45) is 0 Å². The highest BCUT2D eigenvalue weighted by molar-refractivity contribution is 5.76. The molecule has 0 spiro atoms. The lowest BCUT2D eigenvalue weighted by atomic mass is 9.99. The van der Waals surface area contributed by atoms with E-state index in [1.54, 1.807) is 6.08 Å². The summed E-state index contributed by atoms with van der Waals surface area (Å²) in [5.74, 6) is -0.178. The molecule has 9 nitrogen and oxygen atoms in total. The van der Waals surface area contributed by atoms with Crippen molar-refractivity contribution >= 4 is 5.91 Å². The largest absolute Gasteiger partial charge is 0.394 e. The summed E-state index contributed by atoms with van der Waals surface area (Å²) < 4.78 is 11.3. The first-order valence-corrected chi connectivity index (χ1v) is 40.4. The first kappa shape index (κ1) is 87.2. The van der Waals surface area contributed by atoms with Gasteiger partial charge in [-0.2, -0.15) is 0 Å². The zero-order valence-corrected chi connectivity index (χ0v) is 60.4. The highest BCUT2D eigenvalue weighted by Crippen LogP contribution is 2.24. The van der Waals surface area contributed by atoms with Gasteiger partial charge >= 0.3 is 0 Å². The Morgan fingerprint density at radius 2 is 0.659 bits per heavy atom. The summed E-state index contributed by atoms with van der Waals surface area (Å²) in [5, 5.41) is 54.9. The number of carbonyl (C=O) groups excluding carboxylic acids is 1. The van der Waals surface area contributed by atoms with Crippen molar-refractivity contribution in [3.05, 3.63) is 48.6 Å². The molecule has 7 atom stereocenters. The third-order valence-corrected chi connectivity index (χ3v) is 19.4. The van der Waals surface area contributed by atoms with Gasteiger partial charge in [-0.15, -0.1) is 0 Å². The topological polar surface area (TPSA) is 149 Å². The number of ether oxygens (including phenoxy) is 2. The van der Waals surface area contributed by atoms with Crippen molar-refractivity contribution in [2.45, 2.75) is 455 Å². The first-order valence-electron chi connectivity index (χ1n) is 40.4. The summed E-state index contributed by atoms with van der Waals surface area (Å²) in [6.45, 7) is 3.81. The Bertz CT molecular complexity index is 1580. The average molecular weight is 1280 g/mol. The van der Waals surface area contributed by atoms with E-state index in [1.165, 1.54) is 347 Å². The molecule has 0 bridgehead atoms. The molecule has 7 unspecified atom stereocenters. The minimum absolute atomic E-state index is 0.178. The van der Waals surface area contributed by atoms with Gasteiger partial charge in [0.05, 0.1) is 25.4 Å². The van der Waals surface area contributed by atoms with Crippen LogP contribution in [0, 0.1) is 0 Å². The van der Waals surface area contributed by atoms with Gasteiger partial charge in [-0.25, -0.2) is 0 Å². The molecule has 536 valence electrons. The van der Waals surface area contributed by atoms with Gasteiger partial charge in [0.25, 0.3) is 0 Å². The average Bonchev–Trinajstić information content (AvgIpc) is 1.33. The Hall–Kier alpha value is -1.85. The lowest BCUT2D eigenvalue weighted by Crippen LogP contribution is -2.60. The number of aliphatic hydroxyl groups excluding tert-OH is 5. The smallest absolute Gasteiger partial charge is 0.220 e. The number of rotatable bonds is 72. The number of allylic oxidation sites excluding steroid dienone is 7. The van der Waals surface area contributed by atoms with Gasteiger partial charge in [0, 0.05) is 6.42 Å². The van der Waals surface area contributed by atoms with Crippen LogP contribution >= 0.6 is 0 Å². The van der Waals surface area contributed by atoms with Crippen molar-refractivity contribution in [1.82, 2.24) is 5.32 Å². The minimum atomic E-state index is -1.57. The third-order valence-electron chi connectivity index (χ3n) is 19.4. The van der Waals surface area contributed by atoms with Gasteiger partial charge in [0.15, 0.2) is 6.29 Å². The summed E-state index contributed by atoms with van der Waals surface area (Å²) in [4.78, 5) is 13.2. The molecule has 0 radical (unpaired) electrons. The van der Waals surface area contributed by atoms with E-state index in [9.17, 15) is 30.3 Å². The Balaban J connectivity index is 2.06. The van der Waals surface area contributed by atoms with Crippen molar-refractivity contribution in [1.29, 1.82) is 0 Å². The van der Waals surface area contributed by atoms with Crippen LogP contribution in [0.2, 0.25) is 0 Å². The van der Waals surface area contributed by atoms with E-state index in [0.717, 1.165) is 44.9 Å². The standard InChI is InChI=1S/C82H155NO8/c1-3-5-7-9-11-13-15-17-19-21-23-25-27-29-31-33-34-35-36-37-38-39-40-41-42-44-46-48-50-52-54-56-58-60-62-64-66-68-70-72-78(86)83-75(74-90-82-81(89)80(88)79(87)77(73-84)91-82)76(85)71-69-67-65-63-61-59-57-55-53-51-49-47-45-43-32-30-28-26-24-22-20-18-16-14-12-10-8-6-4-2/h15,17,21,23,61,63,69,71,75-77,79-82,84-85,87-89H,3-14,16,18-20,22,24-60,62,64-68,70,72-74H2,1-2H3,(H,83,86)/b17-15-,23-21-,63-61+,71-69+. The van der Waals surface area contributed by atoms with Gasteiger partial charge in [-0.1, -0.05) is 390 Å². The molecule has 1 amide bonds. The molecule has 1 rings (SSSR count). The lowest BCUT2D eigenvalue weighted by molar-refractivity contribution is -0.302. The summed E-state index contributed by atoms with van der Waals surface area (Å²) in [7, 11) is 0. The van der Waals surface area contributed by atoms with Crippen LogP contribution in [0.1, 0.15) is 412 Å². The number of aliphatic hydroxyl groups is 5. The highest BCUT2D eigenvalue weighted by Gasteiger charge is 2.44. The van der Waals surface area contributed by atoms with Crippen molar-refractivity contribution < 1.29 is 39.8 Å². The van der Waals surface area contributed by atoms with Crippen LogP contribution in [0.4, 0.5) is 0 Å². The predicted octanol–water partition coefficient (Wildman–Crippen LogP) is 23.1. The summed E-state index contributed by atoms with van der Waals surface area (Å²) in [6.07, 6.45) is 91.3. The van der Waals surface area contributed by atoms with Gasteiger partial charge in [-0.05, 0) is 64.2 Å². The van der Waals surface area contributed by atoms with Gasteiger partial charge in [-0.3, -0.25) is 4.79 Å². The SMILES string of the molecule is CCCCCCC/C=C\C/C=C\CCCCCCCCCCCCCCCCCCCCCCCCCCCCCC(=O)NC(COC1OC(CO)C(O)C(O)C1O)C(O)/C=C/CC/C=C/CCCCCCCCCCCCCCCCCCCCCCCCC. The molecule has 1 aliphatic rings. The Labute approximate surface area is 564 Å². The normalized spacial score (nSPS) is 17.9. The van der Waals surface area contributed by atoms with E-state index < -0.39 is 49.5 Å². The maximum Gasteiger partial charge on any atom is 0.220 e. The summed E-state index contributed by atoms with van der Waals surface area (Å²) in [6, 6.07) is -0.823. The van der Waals surface area contributed by atoms with Crippen LogP contribution in [-0.4, -0.2) is 87.5 Å². The number of carbonyl (C=O) groups is 1. The molecule has 1 heterocycles. The number of hydrogen-bond acceptors (Lipinski definition) is 8. The van der Waals surface area contributed by atoms with Crippen molar-refractivity contribution in [3.8, 4) is 0 Å². The Kier molecular flexibility index (Phi) is 67.9. The number of unbranched alkanes of at least 4 members (excludes halogenated alkanes) is 56. The second kappa shape index (κ2) is 70.9. The molecule has 0 saturated carbocycles. The zero-order chi connectivity index (χ0) is 65.7. The lowest BCUT2D eigenvalue weighted by Gasteiger charge is -2.40. The van der Waals surface area contributed by atoms with E-state index >= 15 is 0 Å². The van der Waals surface area contributed by atoms with Gasteiger partial charge < -0.3 is 40.3 Å². The summed E-state index contributed by atoms with van der Waals surface area (Å²) >= 11 is 0. The molecule has 6 N–H and O–H groups in total. The van der Waals surface area contributed by atoms with Crippen LogP contribution in [-0.2, 0) is 14.3 Å². The fourth-order valence-electron chi connectivity index (χ4n) is 13.1. The number of hydrogen-bond donors (Lipinski definition) is 6. The predicted molar refractivity (Wildman–Crippen MR) is 392 cm³/mol. The second-order valence-corrected chi connectivity index (χ2v) is 28.2. The van der Waals surface area contributed by atoms with E-state index in [0.29, 0.717) is 6.42 Å². The number of amides is 1. The molecule has 0 aromatic heterocycles. The third kappa shape index (κ3) is 59.2. The molecular formula is C82H155NO8. The van der Waals surface area contributed by atoms with Crippen LogP contribution < -0.4 is 5.32 Å². The zero-order valence-electron chi connectivity index (χ0n) is 60.4. The fourth-order valence-corrected chi connectivity index (χ4v) is 13.1. The Morgan fingerprint density at radius 3 is 0.989 bits per heavy atom. The van der Waals surface area contributed by atoms with Crippen molar-refractivity contribution in [3.63, 3.8) is 0 Å². The van der Waals surface area contributed by atoms with Gasteiger partial charge in [0.1, 0.15) is 24.4 Å². The van der Waals surface area contributed by atoms with E-state index in [4.69, 9.17) is 9.47 Å². The molecule has 1 fully saturated rings. The van der Waals surface area contributed by atoms with E-state index in [1.807, 2.05) is 6.08 Å². The molecule has 0 aromatic rings. The maximum absolute atomic E-state index is 13.2. The minimum Gasteiger partial charge on any atom is -0.394 e. The quantitative estimate of drug-likeness (QED) is 0.0261. The van der Waals surface area contributed by atoms with Gasteiger partial charge in [0.2, 0.25) is 5.91 Å². The molecule has 0 aromatic carbocycles. The first-order chi connectivity index (χ1) is 44.8. The molecular weight excluding hydrogens is 1130 g/mol. The van der Waals surface area contributed by atoms with Crippen LogP contribution in [0.3, 0.4) is 0 Å². The highest BCUT2D eigenvalue weighted by atomic mass is 16.7. The van der Waals surface area contributed by atoms with Crippen molar-refractivity contribution in [2.75, 3.05) is 13.2 Å². The summed E-state index contributed by atoms with van der Waals surface area (Å²) in [5.41, 5.74) is 0.